The monoisotopic (exact) mass is 269 g/mol. The van der Waals surface area contributed by atoms with E-state index in [0.717, 1.165) is 17.7 Å². The lowest BCUT2D eigenvalue weighted by molar-refractivity contribution is -0.121. The van der Waals surface area contributed by atoms with E-state index in [1.165, 1.54) is 0 Å². The van der Waals surface area contributed by atoms with Gasteiger partial charge in [0.05, 0.1) is 13.5 Å². The Balaban J connectivity index is 2.54. The van der Waals surface area contributed by atoms with Gasteiger partial charge in [0.15, 0.2) is 0 Å². The summed E-state index contributed by atoms with van der Waals surface area (Å²) in [5.74, 6) is 0.732. The molecule has 0 aliphatic heterocycles. The second-order valence-corrected chi connectivity index (χ2v) is 5.22. The van der Waals surface area contributed by atoms with E-state index in [1.807, 2.05) is 38.1 Å². The van der Waals surface area contributed by atoms with Crippen molar-refractivity contribution in [1.29, 1.82) is 0 Å². The maximum Gasteiger partial charge on any atom is 0.224 e. The van der Waals surface area contributed by atoms with Crippen molar-refractivity contribution in [3.63, 3.8) is 0 Å². The average molecular weight is 270 g/mol. The highest BCUT2D eigenvalue weighted by Gasteiger charge is 2.12. The summed E-state index contributed by atoms with van der Waals surface area (Å²) in [5.41, 5.74) is 0.892. The van der Waals surface area contributed by atoms with Crippen molar-refractivity contribution in [3.8, 4) is 5.75 Å². The zero-order chi connectivity index (χ0) is 13.5. The number of carbonyl (C=O) groups excluding carboxylic acids is 1. The van der Waals surface area contributed by atoms with Crippen LogP contribution < -0.4 is 10.1 Å². The van der Waals surface area contributed by atoms with Gasteiger partial charge in [-0.15, -0.1) is 11.6 Å². The van der Waals surface area contributed by atoms with E-state index in [1.54, 1.807) is 7.11 Å². The summed E-state index contributed by atoms with van der Waals surface area (Å²) in [6.07, 6.45) is 1.09. The third-order valence-corrected chi connectivity index (χ3v) is 2.81. The average Bonchev–Trinajstić information content (AvgIpc) is 2.28. The van der Waals surface area contributed by atoms with Crippen LogP contribution in [0.15, 0.2) is 24.3 Å². The number of rotatable bonds is 6. The minimum absolute atomic E-state index is 0.00989. The van der Waals surface area contributed by atoms with Crippen LogP contribution in [0.5, 0.6) is 5.75 Å². The number of alkyl halides is 1. The summed E-state index contributed by atoms with van der Waals surface area (Å²) >= 11 is 5.89. The van der Waals surface area contributed by atoms with Crippen molar-refractivity contribution in [1.82, 2.24) is 5.32 Å². The molecule has 0 aliphatic rings. The van der Waals surface area contributed by atoms with E-state index in [-0.39, 0.29) is 17.3 Å². The lowest BCUT2D eigenvalue weighted by atomic mass is 10.1. The molecule has 1 aromatic rings. The maximum absolute atomic E-state index is 11.9. The van der Waals surface area contributed by atoms with E-state index in [4.69, 9.17) is 16.3 Å². The first kappa shape index (κ1) is 14.8. The Labute approximate surface area is 113 Å². The van der Waals surface area contributed by atoms with E-state index in [9.17, 15) is 4.79 Å². The van der Waals surface area contributed by atoms with Crippen molar-refractivity contribution in [2.75, 3.05) is 7.11 Å². The summed E-state index contributed by atoms with van der Waals surface area (Å²) in [6, 6.07) is 7.62. The van der Waals surface area contributed by atoms with Crippen LogP contribution in [-0.2, 0) is 11.2 Å². The molecular weight excluding hydrogens is 250 g/mol. The SMILES string of the molecule is COc1ccccc1CC(=O)NC(C)CC(C)Cl. The third-order valence-electron chi connectivity index (χ3n) is 2.63. The van der Waals surface area contributed by atoms with Crippen LogP contribution in [0.4, 0.5) is 0 Å². The number of hydrogen-bond donors (Lipinski definition) is 1. The largest absolute Gasteiger partial charge is 0.496 e. The van der Waals surface area contributed by atoms with Gasteiger partial charge in [-0.25, -0.2) is 0 Å². The molecule has 0 heterocycles. The van der Waals surface area contributed by atoms with Crippen LogP contribution in [0.3, 0.4) is 0 Å². The Morgan fingerprint density at radius 2 is 2.06 bits per heavy atom. The molecule has 1 N–H and O–H groups in total. The van der Waals surface area contributed by atoms with Crippen molar-refractivity contribution < 1.29 is 9.53 Å². The second kappa shape index (κ2) is 7.27. The predicted octanol–water partition coefficient (Wildman–Crippen LogP) is 2.76. The first-order valence-corrected chi connectivity index (χ1v) is 6.52. The first-order chi connectivity index (χ1) is 8.52. The second-order valence-electron chi connectivity index (χ2n) is 4.47. The lowest BCUT2D eigenvalue weighted by Gasteiger charge is -2.15. The van der Waals surface area contributed by atoms with Crippen LogP contribution in [0.1, 0.15) is 25.8 Å². The van der Waals surface area contributed by atoms with E-state index >= 15 is 0 Å². The van der Waals surface area contributed by atoms with Gasteiger partial charge >= 0.3 is 0 Å². The minimum atomic E-state index is -0.00989. The van der Waals surface area contributed by atoms with E-state index in [2.05, 4.69) is 5.32 Å². The predicted molar refractivity (Wildman–Crippen MR) is 74.2 cm³/mol. The molecule has 0 radical (unpaired) electrons. The van der Waals surface area contributed by atoms with Crippen LogP contribution in [0.2, 0.25) is 0 Å². The van der Waals surface area contributed by atoms with Crippen LogP contribution >= 0.6 is 11.6 Å². The number of methoxy groups -OCH3 is 1. The van der Waals surface area contributed by atoms with Gasteiger partial charge in [0, 0.05) is 17.0 Å². The van der Waals surface area contributed by atoms with Gasteiger partial charge in [0.1, 0.15) is 5.75 Å². The molecule has 2 unspecified atom stereocenters. The quantitative estimate of drug-likeness (QED) is 0.807. The molecule has 0 bridgehead atoms. The smallest absolute Gasteiger partial charge is 0.224 e. The van der Waals surface area contributed by atoms with Gasteiger partial charge in [-0.1, -0.05) is 18.2 Å². The summed E-state index contributed by atoms with van der Waals surface area (Å²) < 4.78 is 5.21. The standard InChI is InChI=1S/C14H20ClNO2/c1-10(15)8-11(2)16-14(17)9-12-6-4-5-7-13(12)18-3/h4-7,10-11H,8-9H2,1-3H3,(H,16,17). The maximum atomic E-state index is 11.9. The molecule has 0 saturated carbocycles. The number of nitrogens with one attached hydrogen (secondary N) is 1. The van der Waals surface area contributed by atoms with Gasteiger partial charge in [-0.05, 0) is 26.3 Å². The van der Waals surface area contributed by atoms with E-state index in [0.29, 0.717) is 6.42 Å². The van der Waals surface area contributed by atoms with Gasteiger partial charge in [-0.2, -0.15) is 0 Å². The zero-order valence-corrected chi connectivity index (χ0v) is 11.8. The first-order valence-electron chi connectivity index (χ1n) is 6.08. The molecule has 0 aromatic heterocycles. The molecule has 0 fully saturated rings. The van der Waals surface area contributed by atoms with Gasteiger partial charge in [0.25, 0.3) is 0 Å². The van der Waals surface area contributed by atoms with Gasteiger partial charge in [-0.3, -0.25) is 4.79 Å². The Bertz CT molecular complexity index is 393. The molecule has 1 aromatic carbocycles. The van der Waals surface area contributed by atoms with Gasteiger partial charge < -0.3 is 10.1 Å². The number of halogens is 1. The Hall–Kier alpha value is -1.22. The van der Waals surface area contributed by atoms with Gasteiger partial charge in [0.2, 0.25) is 5.91 Å². The molecule has 0 spiro atoms. The zero-order valence-electron chi connectivity index (χ0n) is 11.1. The third kappa shape index (κ3) is 4.96. The highest BCUT2D eigenvalue weighted by molar-refractivity contribution is 6.20. The normalized spacial score (nSPS) is 13.8. The molecule has 0 aliphatic carbocycles. The van der Waals surface area contributed by atoms with Crippen molar-refractivity contribution in [2.24, 2.45) is 0 Å². The lowest BCUT2D eigenvalue weighted by Crippen LogP contribution is -2.35. The summed E-state index contributed by atoms with van der Waals surface area (Å²) in [5, 5.41) is 2.99. The summed E-state index contributed by atoms with van der Waals surface area (Å²) in [4.78, 5) is 11.9. The Kier molecular flexibility index (Phi) is 5.99. The Morgan fingerprint density at radius 3 is 2.67 bits per heavy atom. The Morgan fingerprint density at radius 1 is 1.39 bits per heavy atom. The minimum Gasteiger partial charge on any atom is -0.496 e. The molecule has 3 nitrogen and oxygen atoms in total. The molecule has 1 rings (SSSR count). The number of ether oxygens (including phenoxy) is 1. The fourth-order valence-corrected chi connectivity index (χ4v) is 2.16. The molecule has 2 atom stereocenters. The highest BCUT2D eigenvalue weighted by atomic mass is 35.5. The number of hydrogen-bond acceptors (Lipinski definition) is 2. The highest BCUT2D eigenvalue weighted by Crippen LogP contribution is 2.17. The molecule has 100 valence electrons. The number of carbonyl (C=O) groups is 1. The molecule has 4 heteroatoms. The summed E-state index contributed by atoms with van der Waals surface area (Å²) in [7, 11) is 1.61. The molecule has 18 heavy (non-hydrogen) atoms. The molecule has 0 saturated heterocycles. The molecule has 1 amide bonds. The van der Waals surface area contributed by atoms with Crippen molar-refractivity contribution in [3.05, 3.63) is 29.8 Å². The fraction of sp³-hybridized carbons (Fsp3) is 0.500. The number of para-hydroxylation sites is 1. The van der Waals surface area contributed by atoms with Crippen LogP contribution in [0, 0.1) is 0 Å². The number of benzene rings is 1. The molecular formula is C14H20ClNO2. The van der Waals surface area contributed by atoms with Crippen LogP contribution in [-0.4, -0.2) is 24.4 Å². The topological polar surface area (TPSA) is 38.3 Å². The van der Waals surface area contributed by atoms with Crippen molar-refractivity contribution >= 4 is 17.5 Å². The summed E-state index contributed by atoms with van der Waals surface area (Å²) in [6.45, 7) is 3.88. The fourth-order valence-electron chi connectivity index (χ4n) is 1.89. The van der Waals surface area contributed by atoms with E-state index < -0.39 is 0 Å². The van der Waals surface area contributed by atoms with Crippen molar-refractivity contribution in [2.45, 2.75) is 38.1 Å². The number of amides is 1. The van der Waals surface area contributed by atoms with Crippen LogP contribution in [0.25, 0.3) is 0 Å².